The first-order chi connectivity index (χ1) is 18.1. The normalized spacial score (nSPS) is 12.7. The fourth-order valence-electron chi connectivity index (χ4n) is 4.51. The second-order valence-corrected chi connectivity index (χ2v) is 9.25. The summed E-state index contributed by atoms with van der Waals surface area (Å²) in [5.74, 6) is 1.78. The number of rotatable bonds is 9. The van der Waals surface area contributed by atoms with Crippen molar-refractivity contribution >= 4 is 5.91 Å². The highest BCUT2D eigenvalue weighted by Gasteiger charge is 2.24. The van der Waals surface area contributed by atoms with Crippen LogP contribution in [-0.4, -0.2) is 43.1 Å². The molecule has 0 radical (unpaired) electrons. The topological polar surface area (TPSA) is 89.0 Å². The van der Waals surface area contributed by atoms with Gasteiger partial charge in [0.25, 0.3) is 0 Å². The molecule has 1 aliphatic heterocycles. The highest BCUT2D eigenvalue weighted by atomic mass is 16.5. The van der Waals surface area contributed by atoms with Crippen molar-refractivity contribution in [2.75, 3.05) is 13.2 Å². The molecule has 2 aromatic carbocycles. The van der Waals surface area contributed by atoms with Gasteiger partial charge in [-0.2, -0.15) is 5.26 Å². The van der Waals surface area contributed by atoms with Crippen LogP contribution in [0.4, 0.5) is 0 Å². The smallest absolute Gasteiger partial charge is 0.229 e. The van der Waals surface area contributed by atoms with E-state index in [0.717, 1.165) is 46.9 Å². The first-order valence-electron chi connectivity index (χ1n) is 12.7. The van der Waals surface area contributed by atoms with E-state index in [1.165, 1.54) is 0 Å². The molecule has 5 rings (SSSR count). The first-order valence-corrected chi connectivity index (χ1v) is 12.7. The molecule has 0 aliphatic carbocycles. The van der Waals surface area contributed by atoms with Crippen molar-refractivity contribution in [2.24, 2.45) is 0 Å². The van der Waals surface area contributed by atoms with Gasteiger partial charge in [0, 0.05) is 43.3 Å². The number of hydrogen-bond acceptors (Lipinski definition) is 5. The second kappa shape index (κ2) is 11.1. The monoisotopic (exact) mass is 494 g/mol. The van der Waals surface area contributed by atoms with Gasteiger partial charge in [-0.15, -0.1) is 0 Å². The number of unbranched alkanes of at least 4 members (excludes halogenated alkanes) is 1. The number of nitriles is 1. The Bertz CT molecular complexity index is 1410. The lowest BCUT2D eigenvalue weighted by atomic mass is 10.1. The number of para-hydroxylation sites is 1. The average molecular weight is 495 g/mol. The second-order valence-electron chi connectivity index (χ2n) is 9.25. The molecular weight excluding hydrogens is 464 g/mol. The minimum Gasteiger partial charge on any atom is -0.493 e. The Kier molecular flexibility index (Phi) is 7.31. The minimum atomic E-state index is 0.0562. The molecule has 0 fully saturated rings. The number of ether oxygens (including phenoxy) is 1. The number of imidazole rings is 2. The lowest BCUT2D eigenvalue weighted by Crippen LogP contribution is -2.39. The minimum absolute atomic E-state index is 0.0562. The lowest BCUT2D eigenvalue weighted by Gasteiger charge is -2.27. The van der Waals surface area contributed by atoms with E-state index < -0.39 is 0 Å². The van der Waals surface area contributed by atoms with Crippen molar-refractivity contribution in [2.45, 2.75) is 45.8 Å². The highest BCUT2D eigenvalue weighted by Crippen LogP contribution is 2.30. The molecule has 0 saturated heterocycles. The number of nitrogens with zero attached hydrogens (tertiary/aromatic N) is 6. The molecule has 2 aromatic heterocycles. The van der Waals surface area contributed by atoms with Crippen LogP contribution >= 0.6 is 0 Å². The van der Waals surface area contributed by atoms with Crippen LogP contribution in [0.3, 0.4) is 0 Å². The lowest BCUT2D eigenvalue weighted by molar-refractivity contribution is -0.132. The molecule has 3 heterocycles. The maximum atomic E-state index is 13.2. The zero-order valence-corrected chi connectivity index (χ0v) is 21.0. The van der Waals surface area contributed by atoms with Crippen LogP contribution in [0.25, 0.3) is 11.3 Å². The van der Waals surface area contributed by atoms with Gasteiger partial charge in [-0.3, -0.25) is 4.79 Å². The number of fused-ring (bicyclic) bond motifs is 1. The Morgan fingerprint density at radius 1 is 1.14 bits per heavy atom. The molecule has 0 saturated carbocycles. The standard InChI is InChI=1S/C29H30N6O2/c1-2-3-14-37-27-7-5-4-6-25(27)26-19-33-12-13-34(20-28(33)32-26)29(36)15-24-17-31-21-35(24)18-23-10-8-22(16-30)9-11-23/h4-11,17,19,21H,2-3,12-15,18,20H2,1H3. The summed E-state index contributed by atoms with van der Waals surface area (Å²) in [5, 5.41) is 9.01. The van der Waals surface area contributed by atoms with E-state index >= 15 is 0 Å². The summed E-state index contributed by atoms with van der Waals surface area (Å²) in [4.78, 5) is 24.2. The maximum absolute atomic E-state index is 13.2. The predicted octanol–water partition coefficient (Wildman–Crippen LogP) is 4.43. The molecule has 0 bridgehead atoms. The van der Waals surface area contributed by atoms with Gasteiger partial charge in [0.05, 0.1) is 43.2 Å². The van der Waals surface area contributed by atoms with Gasteiger partial charge in [0.1, 0.15) is 11.6 Å². The molecule has 4 aromatic rings. The Morgan fingerprint density at radius 3 is 2.78 bits per heavy atom. The van der Waals surface area contributed by atoms with Crippen molar-refractivity contribution in [3.63, 3.8) is 0 Å². The van der Waals surface area contributed by atoms with Crippen molar-refractivity contribution in [3.05, 3.63) is 89.9 Å². The number of carbonyl (C=O) groups excluding carboxylic acids is 1. The van der Waals surface area contributed by atoms with E-state index in [1.54, 1.807) is 24.7 Å². The van der Waals surface area contributed by atoms with Gasteiger partial charge in [-0.25, -0.2) is 9.97 Å². The highest BCUT2D eigenvalue weighted by molar-refractivity contribution is 5.78. The SMILES string of the molecule is CCCCOc1ccccc1-c1cn2c(n1)CN(C(=O)Cc1cncn1Cc1ccc(C#N)cc1)CC2. The van der Waals surface area contributed by atoms with Crippen LogP contribution in [0.2, 0.25) is 0 Å². The van der Waals surface area contributed by atoms with Crippen LogP contribution < -0.4 is 4.74 Å². The molecule has 0 spiro atoms. The van der Waals surface area contributed by atoms with Crippen molar-refractivity contribution in [1.82, 2.24) is 24.0 Å². The molecule has 1 amide bonds. The van der Waals surface area contributed by atoms with Gasteiger partial charge < -0.3 is 18.8 Å². The zero-order valence-electron chi connectivity index (χ0n) is 21.0. The van der Waals surface area contributed by atoms with E-state index in [1.807, 2.05) is 45.9 Å². The zero-order chi connectivity index (χ0) is 25.6. The fraction of sp³-hybridized carbons (Fsp3) is 0.310. The van der Waals surface area contributed by atoms with E-state index in [-0.39, 0.29) is 12.3 Å². The summed E-state index contributed by atoms with van der Waals surface area (Å²) < 4.78 is 10.1. The van der Waals surface area contributed by atoms with Gasteiger partial charge in [0.15, 0.2) is 0 Å². The molecule has 1 aliphatic rings. The molecule has 8 heteroatoms. The summed E-state index contributed by atoms with van der Waals surface area (Å²) in [7, 11) is 0. The maximum Gasteiger partial charge on any atom is 0.229 e. The Balaban J connectivity index is 1.25. The molecule has 0 N–H and O–H groups in total. The summed E-state index contributed by atoms with van der Waals surface area (Å²) in [6.45, 7) is 5.25. The molecule has 37 heavy (non-hydrogen) atoms. The summed E-state index contributed by atoms with van der Waals surface area (Å²) >= 11 is 0. The van der Waals surface area contributed by atoms with Gasteiger partial charge in [-0.1, -0.05) is 37.6 Å². The van der Waals surface area contributed by atoms with E-state index in [4.69, 9.17) is 15.0 Å². The van der Waals surface area contributed by atoms with Crippen LogP contribution in [0.5, 0.6) is 5.75 Å². The van der Waals surface area contributed by atoms with Crippen molar-refractivity contribution in [3.8, 4) is 23.1 Å². The molecule has 0 unspecified atom stereocenters. The van der Waals surface area contributed by atoms with Gasteiger partial charge in [0.2, 0.25) is 5.91 Å². The van der Waals surface area contributed by atoms with Gasteiger partial charge in [-0.05, 0) is 36.2 Å². The van der Waals surface area contributed by atoms with Crippen LogP contribution in [0, 0.1) is 11.3 Å². The average Bonchev–Trinajstić information content (AvgIpc) is 3.55. The van der Waals surface area contributed by atoms with Crippen LogP contribution in [0.1, 0.15) is 42.4 Å². The first kappa shape index (κ1) is 24.3. The molecule has 188 valence electrons. The van der Waals surface area contributed by atoms with Crippen LogP contribution in [-0.2, 0) is 30.8 Å². The number of aromatic nitrogens is 4. The van der Waals surface area contributed by atoms with Gasteiger partial charge >= 0.3 is 0 Å². The fourth-order valence-corrected chi connectivity index (χ4v) is 4.51. The quantitative estimate of drug-likeness (QED) is 0.321. The molecule has 8 nitrogen and oxygen atoms in total. The third kappa shape index (κ3) is 5.56. The Hall–Kier alpha value is -4.38. The van der Waals surface area contributed by atoms with E-state index in [9.17, 15) is 4.79 Å². The van der Waals surface area contributed by atoms with E-state index in [2.05, 4.69) is 28.7 Å². The Morgan fingerprint density at radius 2 is 1.97 bits per heavy atom. The molecular formula is C29H30N6O2. The summed E-state index contributed by atoms with van der Waals surface area (Å²) in [6.07, 6.45) is 7.93. The summed E-state index contributed by atoms with van der Waals surface area (Å²) in [6, 6.07) is 17.6. The number of carbonyl (C=O) groups is 1. The number of hydrogen-bond donors (Lipinski definition) is 0. The largest absolute Gasteiger partial charge is 0.493 e. The third-order valence-corrected chi connectivity index (χ3v) is 6.64. The number of amides is 1. The summed E-state index contributed by atoms with van der Waals surface area (Å²) in [5.41, 5.74) is 4.39. The predicted molar refractivity (Wildman–Crippen MR) is 140 cm³/mol. The van der Waals surface area contributed by atoms with Crippen LogP contribution in [0.15, 0.2) is 67.3 Å². The van der Waals surface area contributed by atoms with Crippen molar-refractivity contribution < 1.29 is 9.53 Å². The van der Waals surface area contributed by atoms with E-state index in [0.29, 0.717) is 38.3 Å². The number of benzene rings is 2. The third-order valence-electron chi connectivity index (χ3n) is 6.64. The molecule has 0 atom stereocenters. The Labute approximate surface area is 216 Å². The van der Waals surface area contributed by atoms with Crippen molar-refractivity contribution in [1.29, 1.82) is 5.26 Å².